The molecular weight excluding hydrogens is 286 g/mol. The number of carboxylic acids is 1. The minimum absolute atomic E-state index is 0.0349. The number of ketones is 1. The van der Waals surface area contributed by atoms with E-state index in [2.05, 4.69) is 4.72 Å². The summed E-state index contributed by atoms with van der Waals surface area (Å²) in [5.41, 5.74) is 0.394. The topological polar surface area (TPSA) is 121 Å². The first-order valence-corrected chi connectivity index (χ1v) is 7.24. The molecule has 20 heavy (non-hydrogen) atoms. The van der Waals surface area contributed by atoms with Crippen molar-refractivity contribution in [1.82, 2.24) is 4.72 Å². The molecule has 7 nitrogen and oxygen atoms in total. The number of Topliss-reactive ketones (excluding diaryl/α,β-unsaturated/α-hetero) is 1. The lowest BCUT2D eigenvalue weighted by Gasteiger charge is -2.08. The number of aliphatic carboxylic acids is 1. The van der Waals surface area contributed by atoms with Crippen LogP contribution in [0.25, 0.3) is 0 Å². The zero-order valence-electron chi connectivity index (χ0n) is 10.7. The first kappa shape index (κ1) is 16.3. The molecule has 1 rings (SSSR count). The Kier molecular flexibility index (Phi) is 5.37. The van der Waals surface area contributed by atoms with Crippen LogP contribution >= 0.6 is 0 Å². The number of benzene rings is 1. The fraction of sp³-hybridized carbons (Fsp3) is 0.333. The van der Waals surface area contributed by atoms with Gasteiger partial charge in [-0.25, -0.2) is 17.9 Å². The summed E-state index contributed by atoms with van der Waals surface area (Å²) in [7, 11) is -3.79. The molecule has 0 saturated heterocycles. The summed E-state index contributed by atoms with van der Waals surface area (Å²) in [5.74, 6) is -1.58. The molecule has 1 unspecified atom stereocenters. The van der Waals surface area contributed by atoms with Gasteiger partial charge in [0.1, 0.15) is 0 Å². The summed E-state index contributed by atoms with van der Waals surface area (Å²) in [6.45, 7) is 1.17. The predicted octanol–water partition coefficient (Wildman–Crippen LogP) is 0.00310. The third-order valence-electron chi connectivity index (χ3n) is 2.57. The quantitative estimate of drug-likeness (QED) is 0.610. The number of carbonyl (C=O) groups excluding carboxylic acids is 1. The van der Waals surface area contributed by atoms with Crippen LogP contribution in [0, 0.1) is 0 Å². The second-order valence-electron chi connectivity index (χ2n) is 4.12. The average molecular weight is 301 g/mol. The molecule has 0 aromatic heterocycles. The van der Waals surface area contributed by atoms with Crippen molar-refractivity contribution in [1.29, 1.82) is 0 Å². The van der Waals surface area contributed by atoms with Crippen LogP contribution in [0.4, 0.5) is 0 Å². The van der Waals surface area contributed by atoms with Crippen molar-refractivity contribution in [2.45, 2.75) is 24.3 Å². The Hall–Kier alpha value is -1.77. The van der Waals surface area contributed by atoms with Gasteiger partial charge in [0.25, 0.3) is 0 Å². The maximum absolute atomic E-state index is 11.8. The molecule has 3 N–H and O–H groups in total. The zero-order valence-corrected chi connectivity index (χ0v) is 11.6. The Morgan fingerprint density at radius 3 is 2.25 bits per heavy atom. The summed E-state index contributed by atoms with van der Waals surface area (Å²) in [6.07, 6.45) is -1.85. The summed E-state index contributed by atoms with van der Waals surface area (Å²) in [5, 5.41) is 17.5. The molecule has 0 heterocycles. The van der Waals surface area contributed by atoms with Gasteiger partial charge in [-0.3, -0.25) is 4.79 Å². The molecule has 0 fully saturated rings. The van der Waals surface area contributed by atoms with E-state index >= 15 is 0 Å². The van der Waals surface area contributed by atoms with E-state index in [1.807, 2.05) is 0 Å². The number of aliphatic hydroxyl groups excluding tert-OH is 1. The van der Waals surface area contributed by atoms with Gasteiger partial charge in [-0.2, -0.15) is 0 Å². The Bertz CT molecular complexity index is 593. The SMILES string of the molecule is CC(=O)c1ccc(S(=O)(=O)NCCC(O)C(=O)O)cc1. The van der Waals surface area contributed by atoms with Gasteiger partial charge in [-0.05, 0) is 25.5 Å². The Labute approximate surface area is 116 Å². The Morgan fingerprint density at radius 1 is 1.25 bits per heavy atom. The van der Waals surface area contributed by atoms with E-state index in [9.17, 15) is 18.0 Å². The summed E-state index contributed by atoms with van der Waals surface area (Å²) >= 11 is 0. The fourth-order valence-electron chi connectivity index (χ4n) is 1.41. The van der Waals surface area contributed by atoms with E-state index in [1.165, 1.54) is 31.2 Å². The van der Waals surface area contributed by atoms with E-state index in [-0.39, 0.29) is 23.6 Å². The standard InChI is InChI=1S/C12H15NO6S/c1-8(14)9-2-4-10(5-3-9)20(18,19)13-7-6-11(15)12(16)17/h2-5,11,13,15H,6-7H2,1H3,(H,16,17). The van der Waals surface area contributed by atoms with Crippen molar-refractivity contribution in [3.05, 3.63) is 29.8 Å². The molecule has 1 aromatic carbocycles. The highest BCUT2D eigenvalue weighted by atomic mass is 32.2. The molecule has 0 aliphatic carbocycles. The second-order valence-corrected chi connectivity index (χ2v) is 5.89. The van der Waals surface area contributed by atoms with Crippen LogP contribution in [0.1, 0.15) is 23.7 Å². The van der Waals surface area contributed by atoms with Crippen LogP contribution in [0.5, 0.6) is 0 Å². The van der Waals surface area contributed by atoms with Gasteiger partial charge in [-0.15, -0.1) is 0 Å². The highest BCUT2D eigenvalue weighted by Crippen LogP contribution is 2.11. The Morgan fingerprint density at radius 2 is 1.80 bits per heavy atom. The molecule has 110 valence electrons. The normalized spacial score (nSPS) is 12.9. The smallest absolute Gasteiger partial charge is 0.332 e. The molecule has 8 heteroatoms. The van der Waals surface area contributed by atoms with Crippen LogP contribution in [-0.4, -0.2) is 43.0 Å². The van der Waals surface area contributed by atoms with Gasteiger partial charge >= 0.3 is 5.97 Å². The molecule has 1 aromatic rings. The lowest BCUT2D eigenvalue weighted by Crippen LogP contribution is -2.30. The average Bonchev–Trinajstić information content (AvgIpc) is 2.38. The lowest BCUT2D eigenvalue weighted by molar-refractivity contribution is -0.146. The van der Waals surface area contributed by atoms with Crippen molar-refractivity contribution in [2.24, 2.45) is 0 Å². The first-order chi connectivity index (χ1) is 9.24. The van der Waals surface area contributed by atoms with Crippen LogP contribution in [0.3, 0.4) is 0 Å². The number of rotatable bonds is 7. The van der Waals surface area contributed by atoms with Crippen LogP contribution in [0.2, 0.25) is 0 Å². The number of carbonyl (C=O) groups is 2. The summed E-state index contributed by atoms with van der Waals surface area (Å²) < 4.78 is 25.9. The van der Waals surface area contributed by atoms with Crippen molar-refractivity contribution in [3.8, 4) is 0 Å². The highest BCUT2D eigenvalue weighted by molar-refractivity contribution is 7.89. The van der Waals surface area contributed by atoms with Crippen molar-refractivity contribution in [2.75, 3.05) is 6.54 Å². The van der Waals surface area contributed by atoms with E-state index in [0.717, 1.165) is 0 Å². The Balaban J connectivity index is 2.69. The number of sulfonamides is 1. The van der Waals surface area contributed by atoms with Gasteiger partial charge in [0.2, 0.25) is 10.0 Å². The molecular formula is C12H15NO6S. The maximum atomic E-state index is 11.8. The van der Waals surface area contributed by atoms with Gasteiger partial charge < -0.3 is 10.2 Å². The summed E-state index contributed by atoms with van der Waals surface area (Å²) in [4.78, 5) is 21.4. The fourth-order valence-corrected chi connectivity index (χ4v) is 2.45. The van der Waals surface area contributed by atoms with Crippen LogP contribution < -0.4 is 4.72 Å². The monoisotopic (exact) mass is 301 g/mol. The molecule has 0 bridgehead atoms. The lowest BCUT2D eigenvalue weighted by atomic mass is 10.2. The minimum atomic E-state index is -3.79. The van der Waals surface area contributed by atoms with E-state index in [0.29, 0.717) is 5.56 Å². The molecule has 0 aliphatic heterocycles. The molecule has 0 radical (unpaired) electrons. The minimum Gasteiger partial charge on any atom is -0.479 e. The van der Waals surface area contributed by atoms with E-state index in [1.54, 1.807) is 0 Å². The van der Waals surface area contributed by atoms with Crippen molar-refractivity contribution < 1.29 is 28.2 Å². The first-order valence-electron chi connectivity index (χ1n) is 5.75. The van der Waals surface area contributed by atoms with Crippen molar-refractivity contribution >= 4 is 21.8 Å². The third kappa shape index (κ3) is 4.41. The third-order valence-corrected chi connectivity index (χ3v) is 4.04. The van der Waals surface area contributed by atoms with E-state index in [4.69, 9.17) is 10.2 Å². The van der Waals surface area contributed by atoms with Gasteiger partial charge in [0.05, 0.1) is 4.90 Å². The molecule has 0 spiro atoms. The predicted molar refractivity (Wildman–Crippen MR) is 69.9 cm³/mol. The molecule has 0 saturated carbocycles. The number of hydrogen-bond donors (Lipinski definition) is 3. The second kappa shape index (κ2) is 6.60. The van der Waals surface area contributed by atoms with Gasteiger partial charge in [0, 0.05) is 12.1 Å². The van der Waals surface area contributed by atoms with Crippen molar-refractivity contribution in [3.63, 3.8) is 0 Å². The molecule has 1 atom stereocenters. The van der Waals surface area contributed by atoms with Gasteiger partial charge in [-0.1, -0.05) is 12.1 Å². The number of nitrogens with one attached hydrogen (secondary N) is 1. The van der Waals surface area contributed by atoms with Crippen LogP contribution in [-0.2, 0) is 14.8 Å². The van der Waals surface area contributed by atoms with E-state index < -0.39 is 22.1 Å². The molecule has 0 amide bonds. The number of carboxylic acid groups (broad SMARTS) is 1. The van der Waals surface area contributed by atoms with Gasteiger partial charge in [0.15, 0.2) is 11.9 Å². The van der Waals surface area contributed by atoms with Crippen LogP contribution in [0.15, 0.2) is 29.2 Å². The number of aliphatic hydroxyl groups is 1. The maximum Gasteiger partial charge on any atom is 0.332 e. The highest BCUT2D eigenvalue weighted by Gasteiger charge is 2.17. The largest absolute Gasteiger partial charge is 0.479 e. The molecule has 0 aliphatic rings. The zero-order chi connectivity index (χ0) is 15.3. The number of hydrogen-bond acceptors (Lipinski definition) is 5. The summed E-state index contributed by atoms with van der Waals surface area (Å²) in [6, 6.07) is 5.35.